The Morgan fingerprint density at radius 2 is 2.36 bits per heavy atom. The van der Waals surface area contributed by atoms with Gasteiger partial charge in [-0.05, 0) is 29.5 Å². The molecule has 0 atom stereocenters. The maximum absolute atomic E-state index is 5.36. The molecule has 0 aliphatic rings. The van der Waals surface area contributed by atoms with Gasteiger partial charge in [-0.15, -0.1) is 12.4 Å². The molecule has 0 radical (unpaired) electrons. The Labute approximate surface area is 85.9 Å². The quantitative estimate of drug-likeness (QED) is 0.830. The van der Waals surface area contributed by atoms with Crippen LogP contribution in [0.25, 0.3) is 0 Å². The zero-order valence-corrected chi connectivity index (χ0v) is 9.22. The summed E-state index contributed by atoms with van der Waals surface area (Å²) in [6, 6.07) is 0. The molecule has 5 heteroatoms. The highest BCUT2D eigenvalue weighted by Gasteiger charge is 1.98. The summed E-state index contributed by atoms with van der Waals surface area (Å²) in [5.41, 5.74) is 6.43. The molecular weight excluding hydrogens is 276 g/mol. The first-order valence-electron chi connectivity index (χ1n) is 3.13. The summed E-state index contributed by atoms with van der Waals surface area (Å²) in [5, 5.41) is 4.23. The Bertz CT molecular complexity index is 204. The Balaban J connectivity index is 0.000001000. The number of aromatic nitrogens is 2. The van der Waals surface area contributed by atoms with Gasteiger partial charge in [0.1, 0.15) is 0 Å². The number of hydrogen-bond acceptors (Lipinski definition) is 2. The molecule has 3 nitrogen and oxygen atoms in total. The number of rotatable bonds is 2. The van der Waals surface area contributed by atoms with Gasteiger partial charge in [0.05, 0.1) is 15.8 Å². The van der Waals surface area contributed by atoms with Crippen LogP contribution in [-0.2, 0) is 6.54 Å². The van der Waals surface area contributed by atoms with E-state index in [9.17, 15) is 0 Å². The van der Waals surface area contributed by atoms with E-state index < -0.39 is 0 Å². The number of hydrogen-bond donors (Lipinski definition) is 1. The first kappa shape index (κ1) is 11.2. The summed E-state index contributed by atoms with van der Waals surface area (Å²) in [5.74, 6) is 0. The summed E-state index contributed by atoms with van der Waals surface area (Å²) in [6.45, 7) is 3.45. The molecule has 0 spiro atoms. The fourth-order valence-corrected chi connectivity index (χ4v) is 1.17. The lowest BCUT2D eigenvalue weighted by atomic mass is 10.5. The smallest absolute Gasteiger partial charge is 0.0727 e. The van der Waals surface area contributed by atoms with E-state index >= 15 is 0 Å². The van der Waals surface area contributed by atoms with Gasteiger partial charge in [-0.25, -0.2) is 0 Å². The van der Waals surface area contributed by atoms with Crippen molar-refractivity contribution in [1.29, 1.82) is 0 Å². The van der Waals surface area contributed by atoms with Crippen molar-refractivity contribution in [3.05, 3.63) is 15.5 Å². The Kier molecular flexibility index (Phi) is 5.03. The minimum Gasteiger partial charge on any atom is -0.329 e. The van der Waals surface area contributed by atoms with E-state index in [-0.39, 0.29) is 12.4 Å². The lowest BCUT2D eigenvalue weighted by Gasteiger charge is -1.93. The zero-order chi connectivity index (χ0) is 7.56. The largest absolute Gasteiger partial charge is 0.329 e. The molecule has 0 fully saturated rings. The summed E-state index contributed by atoms with van der Waals surface area (Å²) in [4.78, 5) is 0. The van der Waals surface area contributed by atoms with Crippen molar-refractivity contribution in [2.45, 2.75) is 13.5 Å². The van der Waals surface area contributed by atoms with Crippen LogP contribution in [0.4, 0.5) is 0 Å². The monoisotopic (exact) mass is 287 g/mol. The molecule has 0 bridgehead atoms. The molecule has 0 aliphatic carbocycles. The third-order valence-corrected chi connectivity index (χ3v) is 2.30. The van der Waals surface area contributed by atoms with Crippen molar-refractivity contribution < 1.29 is 0 Å². The summed E-state index contributed by atoms with van der Waals surface area (Å²) in [7, 11) is 0. The Morgan fingerprint density at radius 1 is 1.73 bits per heavy atom. The Hall–Kier alpha value is 0.190. The predicted molar refractivity (Wildman–Crippen MR) is 56.0 cm³/mol. The normalized spacial score (nSPS) is 9.36. The van der Waals surface area contributed by atoms with Crippen molar-refractivity contribution in [1.82, 2.24) is 9.78 Å². The maximum Gasteiger partial charge on any atom is 0.0727 e. The van der Waals surface area contributed by atoms with Gasteiger partial charge in [0.15, 0.2) is 0 Å². The van der Waals surface area contributed by atoms with Gasteiger partial charge < -0.3 is 5.73 Å². The van der Waals surface area contributed by atoms with Crippen LogP contribution in [0.3, 0.4) is 0 Å². The standard InChI is InChI=1S/C6H10IN3.ClH/c1-5-6(7)4-10(9-5)3-2-8;/h4H,2-3,8H2,1H3;1H. The molecule has 0 saturated carbocycles. The van der Waals surface area contributed by atoms with Gasteiger partial charge in [-0.1, -0.05) is 0 Å². The van der Waals surface area contributed by atoms with Crippen molar-refractivity contribution in [2.24, 2.45) is 5.73 Å². The molecule has 1 aromatic rings. The SMILES string of the molecule is Cc1nn(CCN)cc1I.Cl. The molecule has 1 rings (SSSR count). The average molecular weight is 288 g/mol. The highest BCUT2D eigenvalue weighted by Crippen LogP contribution is 2.07. The van der Waals surface area contributed by atoms with E-state index in [1.165, 1.54) is 3.57 Å². The average Bonchev–Trinajstić information content (AvgIpc) is 2.14. The molecular formula is C6H11ClIN3. The molecule has 1 heterocycles. The van der Waals surface area contributed by atoms with Crippen LogP contribution in [0.5, 0.6) is 0 Å². The van der Waals surface area contributed by atoms with E-state index in [0.717, 1.165) is 12.2 Å². The van der Waals surface area contributed by atoms with Crippen LogP contribution in [0.15, 0.2) is 6.20 Å². The second kappa shape index (κ2) is 4.95. The van der Waals surface area contributed by atoms with Crippen LogP contribution in [0, 0.1) is 10.5 Å². The fourth-order valence-electron chi connectivity index (χ4n) is 0.740. The van der Waals surface area contributed by atoms with Crippen molar-refractivity contribution in [3.63, 3.8) is 0 Å². The number of aryl methyl sites for hydroxylation is 1. The van der Waals surface area contributed by atoms with Gasteiger partial charge in [0, 0.05) is 12.7 Å². The summed E-state index contributed by atoms with van der Waals surface area (Å²) < 4.78 is 3.07. The molecule has 0 saturated heterocycles. The molecule has 0 aliphatic heterocycles. The lowest BCUT2D eigenvalue weighted by Crippen LogP contribution is -2.10. The van der Waals surface area contributed by atoms with Crippen molar-refractivity contribution in [2.75, 3.05) is 6.54 Å². The first-order chi connectivity index (χ1) is 4.74. The number of halogens is 2. The molecule has 0 aromatic carbocycles. The van der Waals surface area contributed by atoms with Crippen LogP contribution < -0.4 is 5.73 Å². The lowest BCUT2D eigenvalue weighted by molar-refractivity contribution is 0.620. The first-order valence-corrected chi connectivity index (χ1v) is 4.21. The van der Waals surface area contributed by atoms with E-state index in [0.29, 0.717) is 6.54 Å². The van der Waals surface area contributed by atoms with Crippen LogP contribution >= 0.6 is 35.0 Å². The molecule has 2 N–H and O–H groups in total. The van der Waals surface area contributed by atoms with Gasteiger partial charge in [0.25, 0.3) is 0 Å². The minimum atomic E-state index is 0. The minimum absolute atomic E-state index is 0. The molecule has 0 unspecified atom stereocenters. The molecule has 11 heavy (non-hydrogen) atoms. The number of nitrogens with two attached hydrogens (primary N) is 1. The van der Waals surface area contributed by atoms with Crippen LogP contribution in [-0.4, -0.2) is 16.3 Å². The van der Waals surface area contributed by atoms with Gasteiger partial charge in [0.2, 0.25) is 0 Å². The fraction of sp³-hybridized carbons (Fsp3) is 0.500. The molecule has 0 amide bonds. The van der Waals surface area contributed by atoms with E-state index in [4.69, 9.17) is 5.73 Å². The highest BCUT2D eigenvalue weighted by molar-refractivity contribution is 14.1. The summed E-state index contributed by atoms with van der Waals surface area (Å²) >= 11 is 2.26. The third-order valence-electron chi connectivity index (χ3n) is 1.24. The van der Waals surface area contributed by atoms with Crippen LogP contribution in [0.2, 0.25) is 0 Å². The van der Waals surface area contributed by atoms with Gasteiger partial charge in [-0.2, -0.15) is 5.10 Å². The van der Waals surface area contributed by atoms with Crippen molar-refractivity contribution >= 4 is 35.0 Å². The topological polar surface area (TPSA) is 43.8 Å². The second-order valence-electron chi connectivity index (χ2n) is 2.11. The highest BCUT2D eigenvalue weighted by atomic mass is 127. The molecule has 64 valence electrons. The van der Waals surface area contributed by atoms with Gasteiger partial charge >= 0.3 is 0 Å². The third kappa shape index (κ3) is 2.96. The zero-order valence-electron chi connectivity index (χ0n) is 6.25. The van der Waals surface area contributed by atoms with E-state index in [1.807, 2.05) is 17.8 Å². The van der Waals surface area contributed by atoms with Crippen LogP contribution in [0.1, 0.15) is 5.69 Å². The number of nitrogens with zero attached hydrogens (tertiary/aromatic N) is 2. The van der Waals surface area contributed by atoms with Gasteiger partial charge in [-0.3, -0.25) is 4.68 Å². The second-order valence-corrected chi connectivity index (χ2v) is 3.28. The van der Waals surface area contributed by atoms with E-state index in [2.05, 4.69) is 27.7 Å². The predicted octanol–water partition coefficient (Wildman–Crippen LogP) is 1.18. The summed E-state index contributed by atoms with van der Waals surface area (Å²) in [6.07, 6.45) is 2.00. The van der Waals surface area contributed by atoms with E-state index in [1.54, 1.807) is 0 Å². The van der Waals surface area contributed by atoms with Crippen molar-refractivity contribution in [3.8, 4) is 0 Å². The Morgan fingerprint density at radius 3 is 2.73 bits per heavy atom. The molecule has 1 aromatic heterocycles. The maximum atomic E-state index is 5.36.